The zero-order chi connectivity index (χ0) is 14.7. The van der Waals surface area contributed by atoms with Crippen LogP contribution in [-0.4, -0.2) is 41.7 Å². The Kier molecular flexibility index (Phi) is 4.03. The quantitative estimate of drug-likeness (QED) is 0.676. The largest absolute Gasteiger partial charge is 0.391 e. The van der Waals surface area contributed by atoms with E-state index in [2.05, 4.69) is 15.6 Å². The fourth-order valence-corrected chi connectivity index (χ4v) is 2.65. The van der Waals surface area contributed by atoms with E-state index < -0.39 is 0 Å². The molecule has 110 valence electrons. The van der Waals surface area contributed by atoms with Crippen molar-refractivity contribution in [2.45, 2.75) is 6.10 Å². The molecule has 2 atom stereocenters. The minimum Gasteiger partial charge on any atom is -0.391 e. The van der Waals surface area contributed by atoms with Crippen molar-refractivity contribution in [3.05, 3.63) is 48.3 Å². The van der Waals surface area contributed by atoms with Gasteiger partial charge >= 0.3 is 0 Å². The van der Waals surface area contributed by atoms with Crippen molar-refractivity contribution < 1.29 is 9.90 Å². The number of aliphatic hydroxyl groups is 1. The highest BCUT2D eigenvalue weighted by Crippen LogP contribution is 2.23. The van der Waals surface area contributed by atoms with Gasteiger partial charge in [0, 0.05) is 43.5 Å². The average Bonchev–Trinajstić information content (AvgIpc) is 3.15. The van der Waals surface area contributed by atoms with Crippen LogP contribution in [0.25, 0.3) is 11.1 Å². The van der Waals surface area contributed by atoms with Gasteiger partial charge in [0.15, 0.2) is 0 Å². The molecule has 1 aliphatic heterocycles. The average molecular weight is 285 g/mol. The van der Waals surface area contributed by atoms with E-state index in [-0.39, 0.29) is 17.9 Å². The minimum atomic E-state index is -0.384. The molecule has 21 heavy (non-hydrogen) atoms. The van der Waals surface area contributed by atoms with E-state index in [1.807, 2.05) is 36.5 Å². The number of hydrogen-bond donors (Lipinski definition) is 4. The molecule has 5 nitrogen and oxygen atoms in total. The Labute approximate surface area is 123 Å². The van der Waals surface area contributed by atoms with Gasteiger partial charge in [0.25, 0.3) is 5.91 Å². The van der Waals surface area contributed by atoms with Gasteiger partial charge < -0.3 is 20.7 Å². The van der Waals surface area contributed by atoms with Gasteiger partial charge in [0.2, 0.25) is 0 Å². The van der Waals surface area contributed by atoms with E-state index >= 15 is 0 Å². The van der Waals surface area contributed by atoms with Crippen molar-refractivity contribution in [3.8, 4) is 11.1 Å². The lowest BCUT2D eigenvalue weighted by Gasteiger charge is -2.14. The normalized spacial score (nSPS) is 21.4. The van der Waals surface area contributed by atoms with Gasteiger partial charge in [-0.05, 0) is 5.56 Å². The molecule has 1 amide bonds. The smallest absolute Gasteiger partial charge is 0.253 e. The molecule has 0 saturated carbocycles. The predicted octanol–water partition coefficient (Wildman–Crippen LogP) is 0.992. The number of hydrogen-bond acceptors (Lipinski definition) is 3. The van der Waals surface area contributed by atoms with Crippen LogP contribution in [-0.2, 0) is 0 Å². The van der Waals surface area contributed by atoms with Crippen LogP contribution >= 0.6 is 0 Å². The van der Waals surface area contributed by atoms with Crippen LogP contribution in [0.2, 0.25) is 0 Å². The number of carbonyl (C=O) groups excluding carboxylic acids is 1. The number of aromatic nitrogens is 1. The molecule has 3 rings (SSSR count). The van der Waals surface area contributed by atoms with E-state index in [1.165, 1.54) is 0 Å². The van der Waals surface area contributed by atoms with Gasteiger partial charge in [-0.25, -0.2) is 0 Å². The first-order valence-corrected chi connectivity index (χ1v) is 7.15. The number of carbonyl (C=O) groups is 1. The Morgan fingerprint density at radius 3 is 2.76 bits per heavy atom. The number of rotatable bonds is 4. The first kappa shape index (κ1) is 13.9. The van der Waals surface area contributed by atoms with E-state index in [4.69, 9.17) is 0 Å². The molecule has 4 N–H and O–H groups in total. The van der Waals surface area contributed by atoms with Crippen LogP contribution in [0.15, 0.2) is 42.7 Å². The lowest BCUT2D eigenvalue weighted by atomic mass is 10.0. The van der Waals surface area contributed by atoms with Gasteiger partial charge in [0.05, 0.1) is 11.7 Å². The van der Waals surface area contributed by atoms with Gasteiger partial charge in [-0.1, -0.05) is 30.3 Å². The van der Waals surface area contributed by atoms with Crippen molar-refractivity contribution >= 4 is 5.91 Å². The number of benzene rings is 1. The van der Waals surface area contributed by atoms with Crippen LogP contribution in [0.3, 0.4) is 0 Å². The summed E-state index contributed by atoms with van der Waals surface area (Å²) in [4.78, 5) is 15.3. The standard InChI is InChI=1S/C16H19N3O2/c20-15-10-17-6-12(15)7-19-16(21)14-9-18-8-13(14)11-4-2-1-3-5-11/h1-5,8-9,12,15,17-18,20H,6-7,10H2,(H,19,21). The Balaban J connectivity index is 1.70. The second kappa shape index (κ2) is 6.11. The molecular formula is C16H19N3O2. The lowest BCUT2D eigenvalue weighted by Crippen LogP contribution is -2.34. The summed E-state index contributed by atoms with van der Waals surface area (Å²) in [6.45, 7) is 1.81. The first-order valence-electron chi connectivity index (χ1n) is 7.15. The number of aromatic amines is 1. The van der Waals surface area contributed by atoms with Crippen molar-refractivity contribution in [1.82, 2.24) is 15.6 Å². The van der Waals surface area contributed by atoms with Crippen LogP contribution < -0.4 is 10.6 Å². The maximum Gasteiger partial charge on any atom is 0.253 e. The SMILES string of the molecule is O=C(NCC1CNCC1O)c1c[nH]cc1-c1ccccc1. The summed E-state index contributed by atoms with van der Waals surface area (Å²) in [6.07, 6.45) is 3.15. The van der Waals surface area contributed by atoms with Gasteiger partial charge in [0.1, 0.15) is 0 Å². The highest BCUT2D eigenvalue weighted by atomic mass is 16.3. The van der Waals surface area contributed by atoms with Crippen molar-refractivity contribution in [2.24, 2.45) is 5.92 Å². The van der Waals surface area contributed by atoms with Crippen LogP contribution in [0.5, 0.6) is 0 Å². The lowest BCUT2D eigenvalue weighted by molar-refractivity contribution is 0.0928. The Morgan fingerprint density at radius 1 is 1.24 bits per heavy atom. The second-order valence-electron chi connectivity index (χ2n) is 5.34. The van der Waals surface area contributed by atoms with Crippen LogP contribution in [0.4, 0.5) is 0 Å². The number of amides is 1. The molecule has 5 heteroatoms. The molecule has 0 radical (unpaired) electrons. The highest BCUT2D eigenvalue weighted by molar-refractivity contribution is 6.00. The summed E-state index contributed by atoms with van der Waals surface area (Å²) in [5.74, 6) is -0.0396. The topological polar surface area (TPSA) is 77.2 Å². The molecule has 2 aromatic rings. The highest BCUT2D eigenvalue weighted by Gasteiger charge is 2.25. The minimum absolute atomic E-state index is 0.0769. The Hall–Kier alpha value is -2.11. The summed E-state index contributed by atoms with van der Waals surface area (Å²) < 4.78 is 0. The van der Waals surface area contributed by atoms with E-state index in [0.29, 0.717) is 18.7 Å². The third-order valence-electron chi connectivity index (χ3n) is 3.90. The number of β-amino-alcohol motifs (C(OH)–C–C–N with tert-alkyl or cyclic N) is 1. The van der Waals surface area contributed by atoms with E-state index in [0.717, 1.165) is 17.7 Å². The molecule has 2 unspecified atom stereocenters. The molecule has 1 aliphatic rings. The summed E-state index contributed by atoms with van der Waals surface area (Å²) >= 11 is 0. The molecule has 0 spiro atoms. The van der Waals surface area contributed by atoms with E-state index in [1.54, 1.807) is 6.20 Å². The van der Waals surface area contributed by atoms with Gasteiger partial charge in [-0.2, -0.15) is 0 Å². The molecule has 0 aliphatic carbocycles. The van der Waals surface area contributed by atoms with Crippen molar-refractivity contribution in [3.63, 3.8) is 0 Å². The predicted molar refractivity (Wildman–Crippen MR) is 80.9 cm³/mol. The third-order valence-corrected chi connectivity index (χ3v) is 3.90. The summed E-state index contributed by atoms with van der Waals surface area (Å²) in [5, 5.41) is 15.8. The third kappa shape index (κ3) is 2.99. The zero-order valence-corrected chi connectivity index (χ0v) is 11.7. The van der Waals surface area contributed by atoms with Crippen LogP contribution in [0.1, 0.15) is 10.4 Å². The molecular weight excluding hydrogens is 266 g/mol. The molecule has 0 bridgehead atoms. The molecule has 2 heterocycles. The monoisotopic (exact) mass is 285 g/mol. The summed E-state index contributed by atoms with van der Waals surface area (Å²) in [5.41, 5.74) is 2.52. The fourth-order valence-electron chi connectivity index (χ4n) is 2.65. The number of H-pyrrole nitrogens is 1. The number of nitrogens with one attached hydrogen (secondary N) is 3. The zero-order valence-electron chi connectivity index (χ0n) is 11.7. The Morgan fingerprint density at radius 2 is 2.05 bits per heavy atom. The van der Waals surface area contributed by atoms with E-state index in [9.17, 15) is 9.90 Å². The number of aliphatic hydroxyl groups excluding tert-OH is 1. The first-order chi connectivity index (χ1) is 10.3. The molecule has 1 saturated heterocycles. The van der Waals surface area contributed by atoms with Crippen LogP contribution in [0, 0.1) is 5.92 Å². The maximum atomic E-state index is 12.3. The summed E-state index contributed by atoms with van der Waals surface area (Å²) in [6, 6.07) is 9.80. The van der Waals surface area contributed by atoms with Crippen molar-refractivity contribution in [1.29, 1.82) is 0 Å². The maximum absolute atomic E-state index is 12.3. The van der Waals surface area contributed by atoms with Gasteiger partial charge in [-0.15, -0.1) is 0 Å². The Bertz CT molecular complexity index is 609. The second-order valence-corrected chi connectivity index (χ2v) is 5.34. The molecule has 1 fully saturated rings. The summed E-state index contributed by atoms with van der Waals surface area (Å²) in [7, 11) is 0. The molecule has 1 aromatic heterocycles. The van der Waals surface area contributed by atoms with Gasteiger partial charge in [-0.3, -0.25) is 4.79 Å². The fraction of sp³-hybridized carbons (Fsp3) is 0.312. The molecule has 1 aromatic carbocycles. The van der Waals surface area contributed by atoms with Crippen molar-refractivity contribution in [2.75, 3.05) is 19.6 Å².